The summed E-state index contributed by atoms with van der Waals surface area (Å²) in [6.45, 7) is 0.490. The summed E-state index contributed by atoms with van der Waals surface area (Å²) in [5.74, 6) is 0.127. The molecule has 0 aliphatic carbocycles. The van der Waals surface area contributed by atoms with Crippen LogP contribution in [0.5, 0.6) is 11.9 Å². The highest BCUT2D eigenvalue weighted by atomic mass is 31.0. The Kier molecular flexibility index (Phi) is 6.61. The van der Waals surface area contributed by atoms with E-state index in [4.69, 9.17) is 9.47 Å². The number of rotatable bonds is 8. The molecule has 0 bridgehead atoms. The molecule has 0 aromatic carbocycles. The van der Waals surface area contributed by atoms with Gasteiger partial charge in [0.15, 0.2) is 6.61 Å². The molecule has 0 saturated carbocycles. The first-order valence-corrected chi connectivity index (χ1v) is 9.23. The molecule has 0 aliphatic rings. The van der Waals surface area contributed by atoms with Crippen molar-refractivity contribution >= 4 is 9.24 Å². The fraction of sp³-hybridized carbons (Fsp3) is 0.278. The standard InChI is InChI=1S/C18H17F3N5O3P/c1-11(19)29-15-4-2-12(6-22-15)9-26-16(27)5-3-14(25-26)13-7-23-17(24-8-13)28-10-18(20,21)30/h2-8,11H,9-10,30H2,1H3. The molecule has 3 aromatic rings. The van der Waals surface area contributed by atoms with E-state index >= 15 is 0 Å². The van der Waals surface area contributed by atoms with E-state index in [1.165, 1.54) is 57.6 Å². The molecule has 2 unspecified atom stereocenters. The summed E-state index contributed by atoms with van der Waals surface area (Å²) in [5, 5.41) is 4.26. The summed E-state index contributed by atoms with van der Waals surface area (Å²) in [6.07, 6.45) is 2.68. The van der Waals surface area contributed by atoms with Gasteiger partial charge in [0.2, 0.25) is 12.2 Å². The highest BCUT2D eigenvalue weighted by Crippen LogP contribution is 2.22. The maximum absolute atomic E-state index is 12.8. The van der Waals surface area contributed by atoms with E-state index in [0.29, 0.717) is 16.8 Å². The summed E-state index contributed by atoms with van der Waals surface area (Å²) in [4.78, 5) is 23.8. The molecule has 0 spiro atoms. The highest BCUT2D eigenvalue weighted by Gasteiger charge is 2.22. The van der Waals surface area contributed by atoms with E-state index < -0.39 is 18.6 Å². The van der Waals surface area contributed by atoms with E-state index in [1.807, 2.05) is 0 Å². The van der Waals surface area contributed by atoms with Crippen molar-refractivity contribution in [3.63, 3.8) is 0 Å². The molecule has 3 aromatic heterocycles. The zero-order chi connectivity index (χ0) is 21.7. The van der Waals surface area contributed by atoms with Gasteiger partial charge in [0.1, 0.15) is 0 Å². The van der Waals surface area contributed by atoms with Crippen molar-refractivity contribution in [3.8, 4) is 23.1 Å². The molecule has 0 fully saturated rings. The first-order chi connectivity index (χ1) is 14.2. The zero-order valence-corrected chi connectivity index (χ0v) is 16.9. The van der Waals surface area contributed by atoms with Crippen molar-refractivity contribution in [2.75, 3.05) is 6.61 Å². The van der Waals surface area contributed by atoms with E-state index in [0.717, 1.165) is 0 Å². The van der Waals surface area contributed by atoms with Gasteiger partial charge in [-0.05, 0) is 11.6 Å². The number of pyridine rings is 1. The number of halogens is 3. The molecule has 0 amide bonds. The summed E-state index contributed by atoms with van der Waals surface area (Å²) in [6, 6.07) is 5.75. The third-order valence-corrected chi connectivity index (χ3v) is 3.76. The highest BCUT2D eigenvalue weighted by molar-refractivity contribution is 7.18. The second-order valence-electron chi connectivity index (χ2n) is 6.18. The first kappa shape index (κ1) is 21.6. The molecule has 0 saturated heterocycles. The van der Waals surface area contributed by atoms with Crippen molar-refractivity contribution in [1.29, 1.82) is 0 Å². The van der Waals surface area contributed by atoms with Crippen molar-refractivity contribution in [3.05, 3.63) is 58.8 Å². The van der Waals surface area contributed by atoms with E-state index in [1.54, 1.807) is 6.07 Å². The van der Waals surface area contributed by atoms with Crippen LogP contribution < -0.4 is 15.0 Å². The van der Waals surface area contributed by atoms with E-state index in [2.05, 4.69) is 20.1 Å². The van der Waals surface area contributed by atoms with Crippen LogP contribution in [0.2, 0.25) is 0 Å². The van der Waals surface area contributed by atoms with Gasteiger partial charge in [-0.15, -0.1) is 0 Å². The van der Waals surface area contributed by atoms with Crippen LogP contribution in [-0.4, -0.2) is 43.4 Å². The largest absolute Gasteiger partial charge is 0.457 e. The van der Waals surface area contributed by atoms with Gasteiger partial charge >= 0.3 is 6.01 Å². The molecule has 12 heteroatoms. The molecule has 8 nitrogen and oxygen atoms in total. The lowest BCUT2D eigenvalue weighted by Gasteiger charge is -2.11. The Morgan fingerprint density at radius 2 is 1.87 bits per heavy atom. The summed E-state index contributed by atoms with van der Waals surface area (Å²) in [7, 11) is 1.36. The van der Waals surface area contributed by atoms with Crippen LogP contribution in [0.3, 0.4) is 0 Å². The minimum atomic E-state index is -3.08. The zero-order valence-electron chi connectivity index (χ0n) is 15.7. The van der Waals surface area contributed by atoms with Crippen molar-refractivity contribution in [2.45, 2.75) is 25.5 Å². The lowest BCUT2D eigenvalue weighted by molar-refractivity contribution is 0.0422. The summed E-state index contributed by atoms with van der Waals surface area (Å²) >= 11 is 0. The predicted molar refractivity (Wildman–Crippen MR) is 104 cm³/mol. The lowest BCUT2D eigenvalue weighted by atomic mass is 10.2. The smallest absolute Gasteiger partial charge is 0.316 e. The quantitative estimate of drug-likeness (QED) is 0.499. The molecule has 2 atom stereocenters. The molecule has 0 aliphatic heterocycles. The van der Waals surface area contributed by atoms with Crippen LogP contribution in [0.25, 0.3) is 11.3 Å². The van der Waals surface area contributed by atoms with Crippen LogP contribution in [0.4, 0.5) is 13.2 Å². The molecule has 30 heavy (non-hydrogen) atoms. The molecule has 0 N–H and O–H groups in total. The summed E-state index contributed by atoms with van der Waals surface area (Å²) < 4.78 is 49.3. The minimum absolute atomic E-state index is 0.121. The predicted octanol–water partition coefficient (Wildman–Crippen LogP) is 2.68. The van der Waals surface area contributed by atoms with Crippen LogP contribution in [0, 0.1) is 0 Å². The number of hydrogen-bond acceptors (Lipinski definition) is 7. The number of aromatic nitrogens is 5. The molecular formula is C18H17F3N5O3P. The van der Waals surface area contributed by atoms with Gasteiger partial charge < -0.3 is 9.47 Å². The van der Waals surface area contributed by atoms with Crippen molar-refractivity contribution < 1.29 is 22.6 Å². The second kappa shape index (κ2) is 9.17. The Morgan fingerprint density at radius 1 is 1.13 bits per heavy atom. The Labute approximate surface area is 171 Å². The fourth-order valence-corrected chi connectivity index (χ4v) is 2.40. The second-order valence-corrected chi connectivity index (χ2v) is 7.03. The number of hydrogen-bond donors (Lipinski definition) is 0. The van der Waals surface area contributed by atoms with Crippen LogP contribution >= 0.6 is 9.24 Å². The number of alkyl halides is 3. The first-order valence-electron chi connectivity index (χ1n) is 8.65. The normalized spacial score (nSPS) is 12.4. The maximum Gasteiger partial charge on any atom is 0.316 e. The number of nitrogens with zero attached hydrogens (tertiary/aromatic N) is 5. The average molecular weight is 439 g/mol. The number of ether oxygens (including phenoxy) is 2. The third-order valence-electron chi connectivity index (χ3n) is 3.60. The minimum Gasteiger partial charge on any atom is -0.457 e. The van der Waals surface area contributed by atoms with Gasteiger partial charge in [-0.1, -0.05) is 15.3 Å². The van der Waals surface area contributed by atoms with Crippen LogP contribution in [0.1, 0.15) is 12.5 Å². The van der Waals surface area contributed by atoms with Gasteiger partial charge in [-0.3, -0.25) is 4.79 Å². The fourth-order valence-electron chi connectivity index (χ4n) is 2.31. The molecular weight excluding hydrogens is 422 g/mol. The molecule has 0 radical (unpaired) electrons. The van der Waals surface area contributed by atoms with Crippen molar-refractivity contribution in [1.82, 2.24) is 24.7 Å². The van der Waals surface area contributed by atoms with Crippen LogP contribution in [-0.2, 0) is 6.54 Å². The Morgan fingerprint density at radius 3 is 2.47 bits per heavy atom. The maximum atomic E-state index is 12.8. The van der Waals surface area contributed by atoms with Crippen LogP contribution in [0.15, 0.2) is 47.7 Å². The van der Waals surface area contributed by atoms with Gasteiger partial charge in [-0.2, -0.15) is 13.9 Å². The Bertz CT molecular complexity index is 1040. The van der Waals surface area contributed by atoms with E-state index in [-0.39, 0.29) is 24.0 Å². The van der Waals surface area contributed by atoms with Gasteiger partial charge in [0.25, 0.3) is 11.2 Å². The molecule has 3 heterocycles. The average Bonchev–Trinajstić information content (AvgIpc) is 2.69. The van der Waals surface area contributed by atoms with Gasteiger partial charge in [-0.25, -0.2) is 24.0 Å². The van der Waals surface area contributed by atoms with Gasteiger partial charge in [0, 0.05) is 43.2 Å². The lowest BCUT2D eigenvalue weighted by Crippen LogP contribution is -2.23. The third kappa shape index (κ3) is 6.21. The van der Waals surface area contributed by atoms with E-state index in [9.17, 15) is 18.0 Å². The topological polar surface area (TPSA) is 92.0 Å². The molecule has 3 rings (SSSR count). The Balaban J connectivity index is 1.74. The SMILES string of the molecule is CC(F)Oc1ccc(Cn2nc(-c3cnc(OCC(F)(F)P)nc3)ccc2=O)cn1. The Hall–Kier alpha value is -3.07. The van der Waals surface area contributed by atoms with Gasteiger partial charge in [0.05, 0.1) is 12.2 Å². The van der Waals surface area contributed by atoms with Crippen molar-refractivity contribution in [2.24, 2.45) is 0 Å². The molecule has 158 valence electrons. The monoisotopic (exact) mass is 439 g/mol. The summed E-state index contributed by atoms with van der Waals surface area (Å²) in [5.41, 5.74) is -1.91.